The second-order valence-corrected chi connectivity index (χ2v) is 4.98. The molecule has 1 N–H and O–H groups in total. The van der Waals surface area contributed by atoms with E-state index in [1.807, 2.05) is 0 Å². The van der Waals surface area contributed by atoms with Crippen LogP contribution in [-0.2, 0) is 20.9 Å². The van der Waals surface area contributed by atoms with E-state index in [4.69, 9.17) is 0 Å². The molecule has 1 rings (SSSR count). The Balaban J connectivity index is 2.85. The van der Waals surface area contributed by atoms with Gasteiger partial charge in [-0.3, -0.25) is 4.79 Å². The number of amides is 1. The van der Waals surface area contributed by atoms with Crippen LogP contribution in [0.25, 0.3) is 0 Å². The third-order valence-corrected chi connectivity index (χ3v) is 3.31. The molecule has 0 aliphatic carbocycles. The molecule has 0 atom stereocenters. The molecule has 0 aromatic heterocycles. The minimum absolute atomic E-state index is 0.221. The predicted octanol–water partition coefficient (Wildman–Crippen LogP) is 2.55. The Kier molecular flexibility index (Phi) is 6.36. The molecule has 114 valence electrons. The van der Waals surface area contributed by atoms with Crippen molar-refractivity contribution in [3.05, 3.63) is 45.9 Å². The van der Waals surface area contributed by atoms with Crippen LogP contribution in [0.3, 0.4) is 0 Å². The van der Waals surface area contributed by atoms with Crippen LogP contribution in [0.4, 0.5) is 4.39 Å². The van der Waals surface area contributed by atoms with Crippen molar-refractivity contribution in [2.75, 3.05) is 13.7 Å². The number of aliphatic hydroxyl groups excluding tert-OH is 1. The fourth-order valence-electron chi connectivity index (χ4n) is 1.58. The Hall–Kier alpha value is -1.89. The maximum atomic E-state index is 13.2. The highest BCUT2D eigenvalue weighted by atomic mass is 79.9. The molecule has 0 heterocycles. The number of halogens is 2. The fraction of sp³-hybridized carbons (Fsp3) is 0.286. The lowest BCUT2D eigenvalue weighted by Gasteiger charge is -2.19. The number of carbonyl (C=O) groups is 2. The number of carbonyl (C=O) groups excluding carboxylic acids is 2. The van der Waals surface area contributed by atoms with E-state index >= 15 is 0 Å². The van der Waals surface area contributed by atoms with Crippen molar-refractivity contribution >= 4 is 27.8 Å². The SMILES string of the molecule is CCN(Cc1ccc(F)c(Br)c1)C(=O)/C=C(\O)C(=O)OC. The average Bonchev–Trinajstić information content (AvgIpc) is 2.47. The Morgan fingerprint density at radius 2 is 2.14 bits per heavy atom. The fourth-order valence-corrected chi connectivity index (χ4v) is 2.00. The number of rotatable bonds is 5. The van der Waals surface area contributed by atoms with Crippen molar-refractivity contribution < 1.29 is 23.8 Å². The highest BCUT2D eigenvalue weighted by molar-refractivity contribution is 9.10. The standard InChI is InChI=1S/C14H15BrFNO4/c1-3-17(13(19)7-12(18)14(20)21-2)8-9-4-5-11(16)10(15)6-9/h4-7,18H,3,8H2,1-2H3/b12-7-. The smallest absolute Gasteiger partial charge is 0.373 e. The van der Waals surface area contributed by atoms with Gasteiger partial charge in [0.15, 0.2) is 0 Å². The lowest BCUT2D eigenvalue weighted by molar-refractivity contribution is -0.139. The van der Waals surface area contributed by atoms with Gasteiger partial charge in [0.25, 0.3) is 5.91 Å². The number of likely N-dealkylation sites (N-methyl/N-ethyl adjacent to an activating group) is 1. The van der Waals surface area contributed by atoms with Gasteiger partial charge in [-0.2, -0.15) is 0 Å². The normalized spacial score (nSPS) is 11.1. The number of nitrogens with zero attached hydrogens (tertiary/aromatic N) is 1. The first-order chi connectivity index (χ1) is 9.88. The quantitative estimate of drug-likeness (QED) is 0.498. The van der Waals surface area contributed by atoms with Crippen LogP contribution in [0.5, 0.6) is 0 Å². The van der Waals surface area contributed by atoms with Crippen molar-refractivity contribution in [3.8, 4) is 0 Å². The number of esters is 1. The summed E-state index contributed by atoms with van der Waals surface area (Å²) in [4.78, 5) is 24.4. The molecule has 0 radical (unpaired) electrons. The molecule has 0 fully saturated rings. The summed E-state index contributed by atoms with van der Waals surface area (Å²) in [5, 5.41) is 9.36. The Morgan fingerprint density at radius 1 is 1.48 bits per heavy atom. The molecule has 5 nitrogen and oxygen atoms in total. The molecule has 7 heteroatoms. The van der Waals surface area contributed by atoms with Gasteiger partial charge >= 0.3 is 5.97 Å². The van der Waals surface area contributed by atoms with Crippen LogP contribution in [-0.4, -0.2) is 35.5 Å². The second-order valence-electron chi connectivity index (χ2n) is 4.12. The number of methoxy groups -OCH3 is 1. The molecule has 0 saturated heterocycles. The number of hydrogen-bond acceptors (Lipinski definition) is 4. The molecule has 0 aliphatic heterocycles. The zero-order valence-corrected chi connectivity index (χ0v) is 13.2. The van der Waals surface area contributed by atoms with Gasteiger partial charge < -0.3 is 14.7 Å². The largest absolute Gasteiger partial charge is 0.502 e. The molecule has 1 aromatic carbocycles. The molecular weight excluding hydrogens is 345 g/mol. The maximum Gasteiger partial charge on any atom is 0.373 e. The molecule has 0 saturated carbocycles. The number of hydrogen-bond donors (Lipinski definition) is 1. The van der Waals surface area contributed by atoms with Gasteiger partial charge in [0.05, 0.1) is 17.7 Å². The van der Waals surface area contributed by atoms with Crippen LogP contribution < -0.4 is 0 Å². The Labute approximate surface area is 130 Å². The van der Waals surface area contributed by atoms with Crippen LogP contribution in [0.15, 0.2) is 34.5 Å². The minimum atomic E-state index is -0.982. The van der Waals surface area contributed by atoms with Crippen LogP contribution in [0.1, 0.15) is 12.5 Å². The molecule has 0 unspecified atom stereocenters. The summed E-state index contributed by atoms with van der Waals surface area (Å²) in [5.74, 6) is -2.68. The van der Waals surface area contributed by atoms with Gasteiger partial charge in [0.1, 0.15) is 5.82 Å². The summed E-state index contributed by atoms with van der Waals surface area (Å²) in [6.07, 6.45) is 0.800. The monoisotopic (exact) mass is 359 g/mol. The van der Waals surface area contributed by atoms with Crippen molar-refractivity contribution in [1.82, 2.24) is 4.90 Å². The molecule has 0 spiro atoms. The van der Waals surface area contributed by atoms with Crippen LogP contribution in [0, 0.1) is 5.82 Å². The Morgan fingerprint density at radius 3 is 2.67 bits per heavy atom. The van der Waals surface area contributed by atoms with E-state index in [-0.39, 0.29) is 6.54 Å². The average molecular weight is 360 g/mol. The molecular formula is C14H15BrFNO4. The van der Waals surface area contributed by atoms with Gasteiger partial charge in [-0.25, -0.2) is 9.18 Å². The van der Waals surface area contributed by atoms with Crippen molar-refractivity contribution in [2.24, 2.45) is 0 Å². The zero-order chi connectivity index (χ0) is 16.0. The first-order valence-corrected chi connectivity index (χ1v) is 6.90. The van der Waals surface area contributed by atoms with Crippen LogP contribution in [0.2, 0.25) is 0 Å². The summed E-state index contributed by atoms with van der Waals surface area (Å²) in [6, 6.07) is 4.41. The van der Waals surface area contributed by atoms with Gasteiger partial charge in [0.2, 0.25) is 5.76 Å². The lowest BCUT2D eigenvalue weighted by Crippen LogP contribution is -2.29. The third kappa shape index (κ3) is 4.86. The minimum Gasteiger partial charge on any atom is -0.502 e. The van der Waals surface area contributed by atoms with E-state index in [0.29, 0.717) is 16.6 Å². The zero-order valence-electron chi connectivity index (χ0n) is 11.6. The van der Waals surface area contributed by atoms with Gasteiger partial charge in [0, 0.05) is 13.1 Å². The van der Waals surface area contributed by atoms with Crippen molar-refractivity contribution in [2.45, 2.75) is 13.5 Å². The molecule has 1 aromatic rings. The summed E-state index contributed by atoms with van der Waals surface area (Å²) < 4.78 is 17.8. The van der Waals surface area contributed by atoms with Gasteiger partial charge in [-0.15, -0.1) is 0 Å². The highest BCUT2D eigenvalue weighted by Gasteiger charge is 2.15. The van der Waals surface area contributed by atoms with E-state index in [1.165, 1.54) is 11.0 Å². The first-order valence-electron chi connectivity index (χ1n) is 6.10. The number of aliphatic hydroxyl groups is 1. The topological polar surface area (TPSA) is 66.8 Å². The molecule has 0 aliphatic rings. The van der Waals surface area contributed by atoms with E-state index < -0.39 is 23.5 Å². The summed E-state index contributed by atoms with van der Waals surface area (Å²) in [7, 11) is 1.10. The van der Waals surface area contributed by atoms with E-state index in [0.717, 1.165) is 13.2 Å². The number of ether oxygens (including phenoxy) is 1. The first kappa shape index (κ1) is 17.2. The van der Waals surface area contributed by atoms with Crippen LogP contribution >= 0.6 is 15.9 Å². The third-order valence-electron chi connectivity index (χ3n) is 2.71. The maximum absolute atomic E-state index is 13.2. The van der Waals surface area contributed by atoms with Crippen molar-refractivity contribution in [3.63, 3.8) is 0 Å². The Bertz CT molecular complexity index is 574. The molecule has 1 amide bonds. The van der Waals surface area contributed by atoms with Gasteiger partial charge in [-0.1, -0.05) is 6.07 Å². The summed E-state index contributed by atoms with van der Waals surface area (Å²) >= 11 is 3.07. The van der Waals surface area contributed by atoms with Crippen molar-refractivity contribution in [1.29, 1.82) is 0 Å². The molecule has 0 bridgehead atoms. The van der Waals surface area contributed by atoms with Gasteiger partial charge in [-0.05, 0) is 40.5 Å². The highest BCUT2D eigenvalue weighted by Crippen LogP contribution is 2.18. The van der Waals surface area contributed by atoms with E-state index in [9.17, 15) is 19.1 Å². The number of benzene rings is 1. The second kappa shape index (κ2) is 7.78. The molecule has 21 heavy (non-hydrogen) atoms. The summed E-state index contributed by atoms with van der Waals surface area (Å²) in [6.45, 7) is 2.33. The lowest BCUT2D eigenvalue weighted by atomic mass is 10.2. The van der Waals surface area contributed by atoms with E-state index in [1.54, 1.807) is 19.1 Å². The summed E-state index contributed by atoms with van der Waals surface area (Å²) in [5.41, 5.74) is 0.712. The predicted molar refractivity (Wildman–Crippen MR) is 77.9 cm³/mol. The van der Waals surface area contributed by atoms with E-state index in [2.05, 4.69) is 20.7 Å².